The number of ether oxygens (including phenoxy) is 3. The smallest absolute Gasteiger partial charge is 0.179 e. The lowest BCUT2D eigenvalue weighted by atomic mass is 10.2. The van der Waals surface area contributed by atoms with Gasteiger partial charge in [-0.25, -0.2) is 0 Å². The fourth-order valence-corrected chi connectivity index (χ4v) is 1.84. The molecular weight excluding hydrogens is 266 g/mol. The van der Waals surface area contributed by atoms with Crippen molar-refractivity contribution in [3.8, 4) is 11.5 Å². The molecule has 0 aliphatic carbocycles. The maximum absolute atomic E-state index is 6.25. The van der Waals surface area contributed by atoms with Crippen molar-refractivity contribution in [3.63, 3.8) is 0 Å². The van der Waals surface area contributed by atoms with Crippen molar-refractivity contribution >= 4 is 11.6 Å². The molecule has 1 atom stereocenters. The highest BCUT2D eigenvalue weighted by Crippen LogP contribution is 2.36. The average molecular weight is 288 g/mol. The van der Waals surface area contributed by atoms with Crippen LogP contribution in [-0.2, 0) is 11.3 Å². The number of methoxy groups -OCH3 is 2. The van der Waals surface area contributed by atoms with E-state index in [0.717, 1.165) is 18.7 Å². The van der Waals surface area contributed by atoms with E-state index in [4.69, 9.17) is 25.8 Å². The van der Waals surface area contributed by atoms with Crippen molar-refractivity contribution < 1.29 is 14.2 Å². The van der Waals surface area contributed by atoms with Gasteiger partial charge >= 0.3 is 0 Å². The van der Waals surface area contributed by atoms with Crippen LogP contribution < -0.4 is 14.8 Å². The Balaban J connectivity index is 2.85. The minimum absolute atomic E-state index is 0.00204. The van der Waals surface area contributed by atoms with Crippen molar-refractivity contribution in [1.29, 1.82) is 0 Å². The van der Waals surface area contributed by atoms with Crippen LogP contribution in [-0.4, -0.2) is 33.5 Å². The van der Waals surface area contributed by atoms with E-state index in [2.05, 4.69) is 12.2 Å². The lowest BCUT2D eigenvalue weighted by molar-refractivity contribution is 0.0706. The zero-order valence-corrected chi connectivity index (χ0v) is 12.7. The molecule has 108 valence electrons. The van der Waals surface area contributed by atoms with Crippen molar-refractivity contribution in [1.82, 2.24) is 5.32 Å². The van der Waals surface area contributed by atoms with Gasteiger partial charge in [0.2, 0.25) is 0 Å². The molecule has 1 aromatic rings. The number of halogens is 1. The molecule has 1 rings (SSSR count). The SMILES string of the molecule is CCNCc1cc(Cl)c(OCC(C)OC)c(OC)c1. The second-order valence-electron chi connectivity index (χ2n) is 4.25. The normalized spacial score (nSPS) is 12.3. The third-order valence-electron chi connectivity index (χ3n) is 2.73. The van der Waals surface area contributed by atoms with Crippen molar-refractivity contribution in [2.45, 2.75) is 26.5 Å². The summed E-state index contributed by atoms with van der Waals surface area (Å²) in [6.07, 6.45) is 0.00204. The van der Waals surface area contributed by atoms with Gasteiger partial charge in [-0.1, -0.05) is 18.5 Å². The third kappa shape index (κ3) is 4.90. The molecule has 0 fully saturated rings. The average Bonchev–Trinajstić information content (AvgIpc) is 2.42. The fourth-order valence-electron chi connectivity index (χ4n) is 1.55. The van der Waals surface area contributed by atoms with Gasteiger partial charge in [0, 0.05) is 13.7 Å². The first-order valence-corrected chi connectivity index (χ1v) is 6.72. The molecule has 0 saturated heterocycles. The minimum atomic E-state index is 0.00204. The predicted molar refractivity (Wildman–Crippen MR) is 77.4 cm³/mol. The zero-order chi connectivity index (χ0) is 14.3. The standard InChI is InChI=1S/C14H22ClNO3/c1-5-16-8-11-6-12(15)14(13(7-11)18-4)19-9-10(2)17-3/h6-7,10,16H,5,8-9H2,1-4H3. The van der Waals surface area contributed by atoms with Gasteiger partial charge in [-0.2, -0.15) is 0 Å². The number of hydrogen-bond donors (Lipinski definition) is 1. The molecule has 0 spiro atoms. The van der Waals surface area contributed by atoms with Crippen molar-refractivity contribution in [3.05, 3.63) is 22.7 Å². The zero-order valence-electron chi connectivity index (χ0n) is 12.0. The van der Waals surface area contributed by atoms with E-state index in [9.17, 15) is 0 Å². The van der Waals surface area contributed by atoms with Gasteiger partial charge in [0.05, 0.1) is 18.2 Å². The van der Waals surface area contributed by atoms with Crippen LogP contribution >= 0.6 is 11.6 Å². The molecule has 0 bridgehead atoms. The summed E-state index contributed by atoms with van der Waals surface area (Å²) in [6.45, 7) is 6.08. The Morgan fingerprint density at radius 3 is 2.63 bits per heavy atom. The molecule has 0 heterocycles. The Hall–Kier alpha value is -0.970. The molecular formula is C14H22ClNO3. The van der Waals surface area contributed by atoms with E-state index in [1.54, 1.807) is 14.2 Å². The van der Waals surface area contributed by atoms with Crippen LogP contribution in [0.25, 0.3) is 0 Å². The van der Waals surface area contributed by atoms with Crippen LogP contribution in [0, 0.1) is 0 Å². The first kappa shape index (κ1) is 16.1. The Labute approximate surface area is 120 Å². The van der Waals surface area contributed by atoms with Crippen LogP contribution in [0.2, 0.25) is 5.02 Å². The molecule has 4 nitrogen and oxygen atoms in total. The van der Waals surface area contributed by atoms with E-state index in [-0.39, 0.29) is 6.10 Å². The van der Waals surface area contributed by atoms with Gasteiger partial charge in [0.1, 0.15) is 6.61 Å². The molecule has 0 saturated carbocycles. The van der Waals surface area contributed by atoms with Gasteiger partial charge < -0.3 is 19.5 Å². The van der Waals surface area contributed by atoms with Crippen LogP contribution in [0.5, 0.6) is 11.5 Å². The first-order chi connectivity index (χ1) is 9.12. The summed E-state index contributed by atoms with van der Waals surface area (Å²) in [4.78, 5) is 0. The minimum Gasteiger partial charge on any atom is -0.493 e. The molecule has 0 amide bonds. The number of hydrogen-bond acceptors (Lipinski definition) is 4. The maximum Gasteiger partial charge on any atom is 0.179 e. The highest BCUT2D eigenvalue weighted by Gasteiger charge is 2.13. The van der Waals surface area contributed by atoms with E-state index in [0.29, 0.717) is 23.1 Å². The quantitative estimate of drug-likeness (QED) is 0.798. The summed E-state index contributed by atoms with van der Waals surface area (Å²) in [7, 11) is 3.25. The van der Waals surface area contributed by atoms with E-state index >= 15 is 0 Å². The number of nitrogens with one attached hydrogen (secondary N) is 1. The van der Waals surface area contributed by atoms with Gasteiger partial charge in [-0.3, -0.25) is 0 Å². The second-order valence-corrected chi connectivity index (χ2v) is 4.65. The largest absolute Gasteiger partial charge is 0.493 e. The van der Waals surface area contributed by atoms with Crippen LogP contribution in [0.4, 0.5) is 0 Å². The molecule has 1 aromatic carbocycles. The summed E-state index contributed by atoms with van der Waals surface area (Å²) in [5, 5.41) is 3.80. The van der Waals surface area contributed by atoms with Gasteiger partial charge in [0.25, 0.3) is 0 Å². The Morgan fingerprint density at radius 2 is 2.05 bits per heavy atom. The molecule has 0 radical (unpaired) electrons. The number of rotatable bonds is 8. The van der Waals surface area contributed by atoms with Gasteiger partial charge in [-0.15, -0.1) is 0 Å². The molecule has 0 aliphatic rings. The van der Waals surface area contributed by atoms with Crippen molar-refractivity contribution in [2.75, 3.05) is 27.4 Å². The highest BCUT2D eigenvalue weighted by atomic mass is 35.5. The first-order valence-electron chi connectivity index (χ1n) is 6.35. The monoisotopic (exact) mass is 287 g/mol. The van der Waals surface area contributed by atoms with Gasteiger partial charge in [0.15, 0.2) is 11.5 Å². The van der Waals surface area contributed by atoms with Crippen LogP contribution in [0.3, 0.4) is 0 Å². The lowest BCUT2D eigenvalue weighted by Crippen LogP contribution is -2.16. The summed E-state index contributed by atoms with van der Waals surface area (Å²) in [6, 6.07) is 3.82. The number of benzene rings is 1. The Bertz CT molecular complexity index is 399. The fraction of sp³-hybridized carbons (Fsp3) is 0.571. The summed E-state index contributed by atoms with van der Waals surface area (Å²) >= 11 is 6.25. The van der Waals surface area contributed by atoms with E-state index < -0.39 is 0 Å². The van der Waals surface area contributed by atoms with Crippen LogP contribution in [0.15, 0.2) is 12.1 Å². The van der Waals surface area contributed by atoms with Crippen LogP contribution in [0.1, 0.15) is 19.4 Å². The summed E-state index contributed by atoms with van der Waals surface area (Å²) in [5.74, 6) is 1.21. The lowest BCUT2D eigenvalue weighted by Gasteiger charge is -2.16. The highest BCUT2D eigenvalue weighted by molar-refractivity contribution is 6.32. The molecule has 19 heavy (non-hydrogen) atoms. The summed E-state index contributed by atoms with van der Waals surface area (Å²) < 4.78 is 16.1. The summed E-state index contributed by atoms with van der Waals surface area (Å²) in [5.41, 5.74) is 1.07. The van der Waals surface area contributed by atoms with E-state index in [1.165, 1.54) is 0 Å². The molecule has 1 unspecified atom stereocenters. The maximum atomic E-state index is 6.25. The molecule has 0 aliphatic heterocycles. The second kappa shape index (κ2) is 8.25. The molecule has 5 heteroatoms. The molecule has 0 aromatic heterocycles. The van der Waals surface area contributed by atoms with E-state index in [1.807, 2.05) is 19.1 Å². The van der Waals surface area contributed by atoms with Gasteiger partial charge in [-0.05, 0) is 31.2 Å². The Morgan fingerprint density at radius 1 is 1.32 bits per heavy atom. The van der Waals surface area contributed by atoms with Crippen molar-refractivity contribution in [2.24, 2.45) is 0 Å². The topological polar surface area (TPSA) is 39.7 Å². The Kier molecular flexibility index (Phi) is 6.99. The third-order valence-corrected chi connectivity index (χ3v) is 3.01. The molecule has 1 N–H and O–H groups in total. The predicted octanol–water partition coefficient (Wildman–Crippen LogP) is 2.87.